The second-order valence-corrected chi connectivity index (χ2v) is 9.26. The predicted octanol–water partition coefficient (Wildman–Crippen LogP) is 3.30. The third-order valence-electron chi connectivity index (χ3n) is 7.55. The van der Waals surface area contributed by atoms with E-state index in [1.54, 1.807) is 0 Å². The summed E-state index contributed by atoms with van der Waals surface area (Å²) in [5.74, 6) is 1.65. The summed E-state index contributed by atoms with van der Waals surface area (Å²) < 4.78 is 6.09. The van der Waals surface area contributed by atoms with Crippen molar-refractivity contribution in [1.29, 1.82) is 0 Å². The van der Waals surface area contributed by atoms with Crippen molar-refractivity contribution < 1.29 is 9.53 Å². The Morgan fingerprint density at radius 2 is 1.79 bits per heavy atom. The highest BCUT2D eigenvalue weighted by Crippen LogP contribution is 2.53. The molecule has 0 radical (unpaired) electrons. The normalized spacial score (nSPS) is 29.7. The van der Waals surface area contributed by atoms with Gasteiger partial charge in [-0.05, 0) is 51.9 Å². The largest absolute Gasteiger partial charge is 0.378 e. The third kappa shape index (κ3) is 5.02. The highest BCUT2D eigenvalue weighted by atomic mass is 127. The summed E-state index contributed by atoms with van der Waals surface area (Å²) in [6, 6.07) is 0.867. The number of hydrogen-bond acceptors (Lipinski definition) is 3. The summed E-state index contributed by atoms with van der Waals surface area (Å²) in [6.45, 7) is 4.68. The molecule has 4 rings (SSSR count). The Balaban J connectivity index is 0.00000240. The number of hydrogen-bond donors (Lipinski definition) is 2. The minimum Gasteiger partial charge on any atom is -0.378 e. The van der Waals surface area contributed by atoms with Crippen LogP contribution >= 0.6 is 24.0 Å². The van der Waals surface area contributed by atoms with Crippen molar-refractivity contribution >= 4 is 35.8 Å². The first kappa shape index (κ1) is 23.1. The van der Waals surface area contributed by atoms with Crippen molar-refractivity contribution in [3.05, 3.63) is 0 Å². The van der Waals surface area contributed by atoms with Gasteiger partial charge in [0, 0.05) is 50.2 Å². The number of carbonyl (C=O) groups is 1. The average molecular weight is 518 g/mol. The summed E-state index contributed by atoms with van der Waals surface area (Å²) in [4.78, 5) is 18.8. The minimum atomic E-state index is 0. The zero-order chi connectivity index (χ0) is 19.6. The van der Waals surface area contributed by atoms with Crippen LogP contribution in [0, 0.1) is 11.3 Å². The summed E-state index contributed by atoms with van der Waals surface area (Å²) >= 11 is 0. The van der Waals surface area contributed by atoms with Crippen LogP contribution in [0.15, 0.2) is 4.99 Å². The van der Waals surface area contributed by atoms with E-state index in [4.69, 9.17) is 4.74 Å². The van der Waals surface area contributed by atoms with Gasteiger partial charge in [0.2, 0.25) is 5.91 Å². The number of guanidine groups is 1. The Hall–Kier alpha value is -0.570. The molecule has 7 heteroatoms. The number of aliphatic imine (C=N–C) groups is 1. The lowest BCUT2D eigenvalue weighted by atomic mass is 9.55. The molecule has 0 bridgehead atoms. The maximum absolute atomic E-state index is 12.3. The molecule has 1 spiro atoms. The lowest BCUT2D eigenvalue weighted by Gasteiger charge is -2.58. The Labute approximate surface area is 193 Å². The fourth-order valence-corrected chi connectivity index (χ4v) is 5.63. The van der Waals surface area contributed by atoms with Crippen LogP contribution in [-0.2, 0) is 9.53 Å². The van der Waals surface area contributed by atoms with Crippen molar-refractivity contribution in [1.82, 2.24) is 15.5 Å². The molecule has 6 nitrogen and oxygen atoms in total. The lowest BCUT2D eigenvalue weighted by Crippen LogP contribution is -2.67. The number of nitrogens with one attached hydrogen (secondary N) is 2. The van der Waals surface area contributed by atoms with Gasteiger partial charge in [0.25, 0.3) is 0 Å². The number of carbonyl (C=O) groups excluding carboxylic acids is 1. The highest BCUT2D eigenvalue weighted by Gasteiger charge is 2.56. The van der Waals surface area contributed by atoms with Gasteiger partial charge in [-0.1, -0.05) is 19.3 Å². The Kier molecular flexibility index (Phi) is 8.09. The van der Waals surface area contributed by atoms with Gasteiger partial charge >= 0.3 is 0 Å². The van der Waals surface area contributed by atoms with Gasteiger partial charge in [-0.2, -0.15) is 0 Å². The summed E-state index contributed by atoms with van der Waals surface area (Å²) in [6.07, 6.45) is 12.3. The molecule has 1 heterocycles. The Bertz CT molecular complexity index is 581. The number of piperidine rings is 1. The molecule has 1 saturated heterocycles. The van der Waals surface area contributed by atoms with Crippen LogP contribution in [0.25, 0.3) is 0 Å². The molecule has 0 aromatic carbocycles. The van der Waals surface area contributed by atoms with Gasteiger partial charge in [0.05, 0.1) is 6.10 Å². The zero-order valence-electron chi connectivity index (χ0n) is 18.1. The number of halogens is 1. The summed E-state index contributed by atoms with van der Waals surface area (Å²) in [5, 5.41) is 7.38. The van der Waals surface area contributed by atoms with E-state index in [9.17, 15) is 4.79 Å². The lowest BCUT2D eigenvalue weighted by molar-refractivity contribution is -0.145. The van der Waals surface area contributed by atoms with E-state index in [0.717, 1.165) is 57.8 Å². The number of amides is 1. The molecule has 4 fully saturated rings. The average Bonchev–Trinajstić information content (AvgIpc) is 3.58. The summed E-state index contributed by atoms with van der Waals surface area (Å²) in [7, 11) is 1.87. The molecule has 29 heavy (non-hydrogen) atoms. The van der Waals surface area contributed by atoms with Gasteiger partial charge < -0.3 is 20.3 Å². The van der Waals surface area contributed by atoms with Crippen LogP contribution in [0.4, 0.5) is 0 Å². The minimum absolute atomic E-state index is 0. The molecule has 2 atom stereocenters. The first-order valence-corrected chi connectivity index (χ1v) is 11.6. The standard InChI is InChI=1S/C22H38N4O2.HI/c1-3-28-19-15-18(22(19)11-5-4-6-12-22)25-21(23-2)24-17-9-13-26(14-10-17)20(27)16-7-8-16;/h16-19H,3-15H2,1-2H3,(H2,23,24,25);1H. The van der Waals surface area contributed by atoms with Crippen LogP contribution in [0.2, 0.25) is 0 Å². The van der Waals surface area contributed by atoms with Crippen molar-refractivity contribution in [3.8, 4) is 0 Å². The maximum atomic E-state index is 12.3. The van der Waals surface area contributed by atoms with Crippen LogP contribution in [0.3, 0.4) is 0 Å². The molecule has 0 aromatic rings. The van der Waals surface area contributed by atoms with Crippen LogP contribution < -0.4 is 10.6 Å². The fourth-order valence-electron chi connectivity index (χ4n) is 5.63. The molecule has 3 saturated carbocycles. The molecule has 2 unspecified atom stereocenters. The number of nitrogens with zero attached hydrogens (tertiary/aromatic N) is 2. The first-order chi connectivity index (χ1) is 13.7. The molecule has 0 aromatic heterocycles. The van der Waals surface area contributed by atoms with E-state index in [1.165, 1.54) is 32.1 Å². The predicted molar refractivity (Wildman–Crippen MR) is 127 cm³/mol. The zero-order valence-corrected chi connectivity index (χ0v) is 20.5. The van der Waals surface area contributed by atoms with Crippen molar-refractivity contribution in [2.24, 2.45) is 16.3 Å². The van der Waals surface area contributed by atoms with Crippen molar-refractivity contribution in [3.63, 3.8) is 0 Å². The third-order valence-corrected chi connectivity index (χ3v) is 7.55. The van der Waals surface area contributed by atoms with Crippen molar-refractivity contribution in [2.75, 3.05) is 26.7 Å². The van der Waals surface area contributed by atoms with E-state index in [2.05, 4.69) is 27.4 Å². The molecule has 1 aliphatic heterocycles. The van der Waals surface area contributed by atoms with Gasteiger partial charge in [-0.15, -0.1) is 24.0 Å². The topological polar surface area (TPSA) is 66.0 Å². The van der Waals surface area contributed by atoms with E-state index in [-0.39, 0.29) is 24.0 Å². The molecular weight excluding hydrogens is 479 g/mol. The van der Waals surface area contributed by atoms with Crippen LogP contribution in [0.5, 0.6) is 0 Å². The van der Waals surface area contributed by atoms with E-state index in [0.29, 0.717) is 35.4 Å². The smallest absolute Gasteiger partial charge is 0.225 e. The SMILES string of the molecule is CCOC1CC(NC(=NC)NC2CCN(C(=O)C3CC3)CC2)C12CCCCC2.I. The van der Waals surface area contributed by atoms with Gasteiger partial charge in [-0.25, -0.2) is 0 Å². The number of likely N-dealkylation sites (tertiary alicyclic amines) is 1. The number of rotatable bonds is 5. The van der Waals surface area contributed by atoms with Gasteiger partial charge in [-0.3, -0.25) is 9.79 Å². The van der Waals surface area contributed by atoms with Gasteiger partial charge in [0.1, 0.15) is 0 Å². The second-order valence-electron chi connectivity index (χ2n) is 9.26. The fraction of sp³-hybridized carbons (Fsp3) is 0.909. The molecule has 2 N–H and O–H groups in total. The van der Waals surface area contributed by atoms with E-state index in [1.807, 2.05) is 7.05 Å². The Morgan fingerprint density at radius 3 is 2.38 bits per heavy atom. The summed E-state index contributed by atoms with van der Waals surface area (Å²) in [5.41, 5.74) is 0.298. The second kappa shape index (κ2) is 10.2. The van der Waals surface area contributed by atoms with E-state index >= 15 is 0 Å². The van der Waals surface area contributed by atoms with Crippen molar-refractivity contribution in [2.45, 2.75) is 89.3 Å². The Morgan fingerprint density at radius 1 is 1.10 bits per heavy atom. The first-order valence-electron chi connectivity index (χ1n) is 11.6. The highest BCUT2D eigenvalue weighted by molar-refractivity contribution is 14.0. The number of ether oxygens (including phenoxy) is 1. The molecular formula is C22H39IN4O2. The van der Waals surface area contributed by atoms with E-state index < -0.39 is 0 Å². The maximum Gasteiger partial charge on any atom is 0.225 e. The molecule has 3 aliphatic carbocycles. The molecule has 1 amide bonds. The quantitative estimate of drug-likeness (QED) is 0.333. The molecule has 166 valence electrons. The van der Waals surface area contributed by atoms with Gasteiger partial charge in [0.15, 0.2) is 5.96 Å². The molecule has 4 aliphatic rings. The monoisotopic (exact) mass is 518 g/mol. The van der Waals surface area contributed by atoms with Crippen LogP contribution in [0.1, 0.15) is 71.1 Å². The van der Waals surface area contributed by atoms with Crippen LogP contribution in [-0.4, -0.2) is 61.7 Å².